The second-order valence-corrected chi connectivity index (χ2v) is 5.91. The number of rotatable bonds is 4. The number of methoxy groups -OCH3 is 1. The third-order valence-corrected chi connectivity index (χ3v) is 4.22. The molecule has 0 unspecified atom stereocenters. The molecule has 6 heteroatoms. The second-order valence-electron chi connectivity index (χ2n) is 5.91. The lowest BCUT2D eigenvalue weighted by Gasteiger charge is -2.21. The molecule has 2 aromatic rings. The average Bonchev–Trinajstić information content (AvgIpc) is 2.64. The lowest BCUT2D eigenvalue weighted by molar-refractivity contribution is -0.116. The largest absolute Gasteiger partial charge is 0.496 e. The third-order valence-electron chi connectivity index (χ3n) is 4.22. The van der Waals surface area contributed by atoms with Crippen LogP contribution in [0.1, 0.15) is 27.0 Å². The predicted octanol–water partition coefficient (Wildman–Crippen LogP) is 2.47. The fraction of sp³-hybridized carbons (Fsp3) is 0.150. The summed E-state index contributed by atoms with van der Waals surface area (Å²) < 4.78 is 5.33. The van der Waals surface area contributed by atoms with Crippen LogP contribution in [0.4, 0.5) is 5.69 Å². The zero-order valence-corrected chi connectivity index (χ0v) is 14.5. The van der Waals surface area contributed by atoms with E-state index in [2.05, 4.69) is 10.6 Å². The predicted molar refractivity (Wildman–Crippen MR) is 98.0 cm³/mol. The Morgan fingerprint density at radius 1 is 1.27 bits per heavy atom. The molecule has 0 aliphatic carbocycles. The van der Waals surface area contributed by atoms with Gasteiger partial charge in [-0.3, -0.25) is 14.4 Å². The molecular formula is C20H18N2O4. The number of benzene rings is 2. The summed E-state index contributed by atoms with van der Waals surface area (Å²) in [6.45, 7) is 2.31. The van der Waals surface area contributed by atoms with Gasteiger partial charge in [0.2, 0.25) is 5.91 Å². The molecule has 3 rings (SSSR count). The van der Waals surface area contributed by atoms with Gasteiger partial charge in [-0.15, -0.1) is 0 Å². The van der Waals surface area contributed by atoms with E-state index in [4.69, 9.17) is 4.74 Å². The van der Waals surface area contributed by atoms with Crippen molar-refractivity contribution < 1.29 is 19.1 Å². The smallest absolute Gasteiger partial charge is 0.252 e. The molecule has 0 saturated heterocycles. The van der Waals surface area contributed by atoms with Gasteiger partial charge in [-0.1, -0.05) is 18.2 Å². The molecule has 2 N–H and O–H groups in total. The first-order chi connectivity index (χ1) is 12.5. The highest BCUT2D eigenvalue weighted by Gasteiger charge is 2.23. The van der Waals surface area contributed by atoms with Gasteiger partial charge in [0.05, 0.1) is 18.4 Å². The topological polar surface area (TPSA) is 84.5 Å². The van der Waals surface area contributed by atoms with Gasteiger partial charge in [0.1, 0.15) is 5.75 Å². The van der Waals surface area contributed by atoms with Gasteiger partial charge in [-0.2, -0.15) is 0 Å². The molecule has 0 bridgehead atoms. The van der Waals surface area contributed by atoms with E-state index in [1.807, 2.05) is 13.0 Å². The van der Waals surface area contributed by atoms with Crippen LogP contribution in [0.3, 0.4) is 0 Å². The molecule has 1 aliphatic rings. The molecule has 0 aromatic heterocycles. The molecule has 0 radical (unpaired) electrons. The summed E-state index contributed by atoms with van der Waals surface area (Å²) in [5.74, 6) is -0.171. The molecule has 0 fully saturated rings. The zero-order valence-electron chi connectivity index (χ0n) is 14.5. The van der Waals surface area contributed by atoms with Crippen molar-refractivity contribution in [2.24, 2.45) is 0 Å². The summed E-state index contributed by atoms with van der Waals surface area (Å²) >= 11 is 0. The highest BCUT2D eigenvalue weighted by molar-refractivity contribution is 6.26. The number of nitrogens with one attached hydrogen (secondary N) is 2. The van der Waals surface area contributed by atoms with E-state index in [1.54, 1.807) is 37.4 Å². The van der Waals surface area contributed by atoms with Gasteiger partial charge in [0.25, 0.3) is 5.91 Å². The maximum atomic E-state index is 12.4. The fourth-order valence-electron chi connectivity index (χ4n) is 2.91. The Labute approximate surface area is 150 Å². The summed E-state index contributed by atoms with van der Waals surface area (Å²) in [5.41, 5.74) is 3.54. The maximum Gasteiger partial charge on any atom is 0.252 e. The number of ether oxygens (including phenoxy) is 1. The van der Waals surface area contributed by atoms with Crippen LogP contribution < -0.4 is 15.4 Å². The molecule has 0 atom stereocenters. The Kier molecular flexibility index (Phi) is 4.84. The number of hydrogen-bond acceptors (Lipinski definition) is 4. The number of anilines is 1. The molecule has 1 aliphatic heterocycles. The average molecular weight is 350 g/mol. The van der Waals surface area contributed by atoms with Crippen LogP contribution in [0.2, 0.25) is 0 Å². The van der Waals surface area contributed by atoms with Crippen molar-refractivity contribution in [2.75, 3.05) is 12.4 Å². The minimum absolute atomic E-state index is 0.255. The highest BCUT2D eigenvalue weighted by atomic mass is 16.5. The van der Waals surface area contributed by atoms with Gasteiger partial charge in [0, 0.05) is 18.2 Å². The van der Waals surface area contributed by atoms with E-state index in [-0.39, 0.29) is 11.5 Å². The molecule has 132 valence electrons. The van der Waals surface area contributed by atoms with E-state index in [0.717, 1.165) is 11.1 Å². The third kappa shape index (κ3) is 3.35. The van der Waals surface area contributed by atoms with Crippen LogP contribution in [0, 0.1) is 6.92 Å². The van der Waals surface area contributed by atoms with Crippen molar-refractivity contribution in [1.82, 2.24) is 5.32 Å². The molecule has 2 amide bonds. The van der Waals surface area contributed by atoms with Crippen LogP contribution in [0.5, 0.6) is 5.75 Å². The zero-order chi connectivity index (χ0) is 18.7. The van der Waals surface area contributed by atoms with E-state index in [1.165, 1.54) is 6.08 Å². The number of para-hydroxylation sites is 1. The van der Waals surface area contributed by atoms with Crippen molar-refractivity contribution >= 4 is 29.4 Å². The van der Waals surface area contributed by atoms with Crippen molar-refractivity contribution in [1.29, 1.82) is 0 Å². The van der Waals surface area contributed by atoms with Crippen LogP contribution in [0.15, 0.2) is 42.5 Å². The van der Waals surface area contributed by atoms with Crippen molar-refractivity contribution in [2.45, 2.75) is 13.5 Å². The minimum atomic E-state index is -0.489. The number of amides is 2. The van der Waals surface area contributed by atoms with Crippen LogP contribution in [-0.4, -0.2) is 25.2 Å². The molecular weight excluding hydrogens is 332 g/mol. The monoisotopic (exact) mass is 350 g/mol. The lowest BCUT2D eigenvalue weighted by Crippen LogP contribution is -2.30. The molecule has 2 aromatic carbocycles. The number of fused-ring (bicyclic) bond motifs is 1. The SMILES string of the molecule is COc1cc2c(cc1C)CNC(=O)/C2=C\C(=O)Nc1ccccc1C=O. The summed E-state index contributed by atoms with van der Waals surface area (Å²) in [6.07, 6.45) is 1.91. The fourth-order valence-corrected chi connectivity index (χ4v) is 2.91. The Morgan fingerprint density at radius 2 is 2.04 bits per heavy atom. The Balaban J connectivity index is 1.96. The van der Waals surface area contributed by atoms with Gasteiger partial charge in [-0.25, -0.2) is 0 Å². The van der Waals surface area contributed by atoms with Crippen molar-refractivity contribution in [3.8, 4) is 5.75 Å². The van der Waals surface area contributed by atoms with E-state index < -0.39 is 5.91 Å². The first kappa shape index (κ1) is 17.4. The maximum absolute atomic E-state index is 12.4. The molecule has 0 saturated carbocycles. The Hall–Kier alpha value is -3.41. The van der Waals surface area contributed by atoms with Gasteiger partial charge in [0.15, 0.2) is 6.29 Å². The highest BCUT2D eigenvalue weighted by Crippen LogP contribution is 2.30. The summed E-state index contributed by atoms with van der Waals surface area (Å²) in [6, 6.07) is 10.3. The van der Waals surface area contributed by atoms with E-state index in [0.29, 0.717) is 35.4 Å². The number of carbonyl (C=O) groups is 3. The van der Waals surface area contributed by atoms with Crippen molar-refractivity contribution in [3.63, 3.8) is 0 Å². The number of hydrogen-bond donors (Lipinski definition) is 2. The summed E-state index contributed by atoms with van der Waals surface area (Å²) in [7, 11) is 1.56. The lowest BCUT2D eigenvalue weighted by atomic mass is 9.93. The standard InChI is InChI=1S/C20H18N2O4/c1-12-7-14-10-21-20(25)16(15(14)8-18(12)26-2)9-19(24)22-17-6-4-3-5-13(17)11-23/h3-9,11H,10H2,1-2H3,(H,21,25)(H,22,24)/b16-9-. The van der Waals surface area contributed by atoms with Gasteiger partial charge >= 0.3 is 0 Å². The van der Waals surface area contributed by atoms with E-state index >= 15 is 0 Å². The number of aryl methyl sites for hydroxylation is 1. The first-order valence-corrected chi connectivity index (χ1v) is 8.06. The molecule has 1 heterocycles. The molecule has 0 spiro atoms. The Morgan fingerprint density at radius 3 is 2.77 bits per heavy atom. The number of aldehydes is 1. The second kappa shape index (κ2) is 7.23. The number of carbonyl (C=O) groups excluding carboxylic acids is 3. The van der Waals surface area contributed by atoms with E-state index in [9.17, 15) is 14.4 Å². The molecule has 6 nitrogen and oxygen atoms in total. The normalized spacial score (nSPS) is 14.4. The van der Waals surface area contributed by atoms with Crippen molar-refractivity contribution in [3.05, 3.63) is 64.7 Å². The van der Waals surface area contributed by atoms with Gasteiger partial charge < -0.3 is 15.4 Å². The Bertz CT molecular complexity index is 931. The first-order valence-electron chi connectivity index (χ1n) is 8.06. The molecule has 26 heavy (non-hydrogen) atoms. The van der Waals surface area contributed by atoms with Gasteiger partial charge in [-0.05, 0) is 41.8 Å². The van der Waals surface area contributed by atoms with Crippen LogP contribution in [-0.2, 0) is 16.1 Å². The minimum Gasteiger partial charge on any atom is -0.496 e. The quantitative estimate of drug-likeness (QED) is 0.655. The summed E-state index contributed by atoms with van der Waals surface area (Å²) in [4.78, 5) is 35.8. The van der Waals surface area contributed by atoms with Crippen LogP contribution >= 0.6 is 0 Å². The summed E-state index contributed by atoms with van der Waals surface area (Å²) in [5, 5.41) is 5.40. The van der Waals surface area contributed by atoms with Crippen LogP contribution in [0.25, 0.3) is 5.57 Å².